The normalized spacial score (nSPS) is 16.2. The highest BCUT2D eigenvalue weighted by molar-refractivity contribution is 5.92. The summed E-state index contributed by atoms with van der Waals surface area (Å²) in [6.45, 7) is 5.33. The van der Waals surface area contributed by atoms with Crippen molar-refractivity contribution in [1.29, 1.82) is 0 Å². The molecule has 1 aliphatic rings. The Kier molecular flexibility index (Phi) is 5.56. The largest absolute Gasteiger partial charge is 0.494 e. The Bertz CT molecular complexity index is 803. The van der Waals surface area contributed by atoms with Crippen molar-refractivity contribution in [1.82, 2.24) is 10.2 Å². The van der Waals surface area contributed by atoms with E-state index in [0.29, 0.717) is 26.1 Å². The minimum Gasteiger partial charge on any atom is -0.494 e. The van der Waals surface area contributed by atoms with Crippen molar-refractivity contribution >= 4 is 11.8 Å². The smallest absolute Gasteiger partial charge is 0.247 e. The van der Waals surface area contributed by atoms with Crippen molar-refractivity contribution in [3.05, 3.63) is 65.2 Å². The molecule has 2 amide bonds. The van der Waals surface area contributed by atoms with Gasteiger partial charge in [-0.2, -0.15) is 0 Å². The summed E-state index contributed by atoms with van der Waals surface area (Å²) in [6, 6.07) is 14.8. The fraction of sp³-hybridized carbons (Fsp3) is 0.333. The fourth-order valence-corrected chi connectivity index (χ4v) is 3.38. The first-order chi connectivity index (χ1) is 12.6. The minimum absolute atomic E-state index is 0.00954. The van der Waals surface area contributed by atoms with Crippen LogP contribution in [0.4, 0.5) is 0 Å². The quantitative estimate of drug-likeness (QED) is 0.870. The number of fused-ring (bicyclic) bond motifs is 1. The standard InChI is InChI=1S/C21H24N2O3/c1-3-23-19(24)13-16-9-5-6-11-18(16)20(23)21(25)22-14-15-8-7-10-17(12-15)26-4-2/h5-12,20H,3-4,13-14H2,1-2H3,(H,22,25). The SMILES string of the molecule is CCOc1cccc(CNC(=O)C2c3ccccc3CC(=O)N2CC)c1. The first-order valence-electron chi connectivity index (χ1n) is 9.00. The number of carbonyl (C=O) groups excluding carboxylic acids is 2. The number of ether oxygens (including phenoxy) is 1. The summed E-state index contributed by atoms with van der Waals surface area (Å²) in [4.78, 5) is 27.0. The second kappa shape index (κ2) is 8.04. The number of carbonyl (C=O) groups is 2. The van der Waals surface area contributed by atoms with Crippen LogP contribution in [0.5, 0.6) is 5.75 Å². The van der Waals surface area contributed by atoms with Crippen LogP contribution in [0, 0.1) is 0 Å². The molecule has 5 nitrogen and oxygen atoms in total. The number of benzene rings is 2. The molecule has 0 saturated heterocycles. The first kappa shape index (κ1) is 18.0. The summed E-state index contributed by atoms with van der Waals surface area (Å²) in [6.07, 6.45) is 0.351. The van der Waals surface area contributed by atoms with Crippen LogP contribution in [0.25, 0.3) is 0 Å². The topological polar surface area (TPSA) is 58.6 Å². The van der Waals surface area contributed by atoms with Gasteiger partial charge in [0.15, 0.2) is 0 Å². The number of hydrogen-bond donors (Lipinski definition) is 1. The van der Waals surface area contributed by atoms with E-state index >= 15 is 0 Å². The number of nitrogens with one attached hydrogen (secondary N) is 1. The maximum Gasteiger partial charge on any atom is 0.247 e. The Morgan fingerprint density at radius 1 is 1.19 bits per heavy atom. The molecule has 1 atom stereocenters. The van der Waals surface area contributed by atoms with Crippen molar-refractivity contribution in [2.45, 2.75) is 32.9 Å². The molecule has 0 saturated carbocycles. The lowest BCUT2D eigenvalue weighted by atomic mass is 9.91. The Balaban J connectivity index is 1.77. The number of amides is 2. The molecule has 1 heterocycles. The van der Waals surface area contributed by atoms with Gasteiger partial charge in [0.05, 0.1) is 13.0 Å². The van der Waals surface area contributed by atoms with Gasteiger partial charge in [0.1, 0.15) is 11.8 Å². The Hall–Kier alpha value is -2.82. The van der Waals surface area contributed by atoms with Gasteiger partial charge in [-0.3, -0.25) is 9.59 Å². The van der Waals surface area contributed by atoms with Crippen LogP contribution < -0.4 is 10.1 Å². The van der Waals surface area contributed by atoms with E-state index in [2.05, 4.69) is 5.32 Å². The zero-order valence-electron chi connectivity index (χ0n) is 15.2. The van der Waals surface area contributed by atoms with Gasteiger partial charge in [0.25, 0.3) is 0 Å². The third kappa shape index (κ3) is 3.72. The van der Waals surface area contributed by atoms with Gasteiger partial charge < -0.3 is 15.0 Å². The summed E-state index contributed by atoms with van der Waals surface area (Å²) in [5.74, 6) is 0.617. The molecule has 1 aliphatic heterocycles. The molecule has 2 aromatic carbocycles. The lowest BCUT2D eigenvalue weighted by molar-refractivity contribution is -0.141. The van der Waals surface area contributed by atoms with Crippen LogP contribution in [-0.2, 0) is 22.6 Å². The van der Waals surface area contributed by atoms with Crippen molar-refractivity contribution in [3.63, 3.8) is 0 Å². The van der Waals surface area contributed by atoms with Crippen LogP contribution in [-0.4, -0.2) is 29.9 Å². The molecule has 0 radical (unpaired) electrons. The average molecular weight is 352 g/mol. The van der Waals surface area contributed by atoms with Crippen LogP contribution in [0.15, 0.2) is 48.5 Å². The van der Waals surface area contributed by atoms with Crippen LogP contribution in [0.1, 0.15) is 36.6 Å². The third-order valence-corrected chi connectivity index (χ3v) is 4.59. The first-order valence-corrected chi connectivity index (χ1v) is 9.00. The highest BCUT2D eigenvalue weighted by Crippen LogP contribution is 2.30. The molecular weight excluding hydrogens is 328 g/mol. The molecule has 0 bridgehead atoms. The summed E-state index contributed by atoms with van der Waals surface area (Å²) >= 11 is 0. The summed E-state index contributed by atoms with van der Waals surface area (Å²) in [5.41, 5.74) is 2.80. The highest BCUT2D eigenvalue weighted by Gasteiger charge is 2.35. The molecule has 0 spiro atoms. The fourth-order valence-electron chi connectivity index (χ4n) is 3.38. The molecule has 1 unspecified atom stereocenters. The van der Waals surface area contributed by atoms with Crippen LogP contribution >= 0.6 is 0 Å². The average Bonchev–Trinajstić information content (AvgIpc) is 2.65. The molecule has 1 N–H and O–H groups in total. The summed E-state index contributed by atoms with van der Waals surface area (Å²) < 4.78 is 5.50. The van der Waals surface area contributed by atoms with Gasteiger partial charge in [0, 0.05) is 13.1 Å². The maximum absolute atomic E-state index is 12.9. The summed E-state index contributed by atoms with van der Waals surface area (Å²) in [5, 5.41) is 2.98. The second-order valence-corrected chi connectivity index (χ2v) is 6.26. The molecule has 0 aliphatic carbocycles. The third-order valence-electron chi connectivity index (χ3n) is 4.59. The molecule has 0 aromatic heterocycles. The van der Waals surface area contributed by atoms with E-state index in [0.717, 1.165) is 22.4 Å². The predicted octanol–water partition coefficient (Wildman–Crippen LogP) is 2.85. The molecule has 0 fully saturated rings. The Labute approximate surface area is 154 Å². The molecule has 3 rings (SSSR count). The Morgan fingerprint density at radius 3 is 2.77 bits per heavy atom. The molecular formula is C21H24N2O3. The Morgan fingerprint density at radius 2 is 2.00 bits per heavy atom. The van der Waals surface area contributed by atoms with Gasteiger partial charge in [-0.15, -0.1) is 0 Å². The zero-order chi connectivity index (χ0) is 18.5. The zero-order valence-corrected chi connectivity index (χ0v) is 15.2. The van der Waals surface area contributed by atoms with Crippen LogP contribution in [0.3, 0.4) is 0 Å². The van der Waals surface area contributed by atoms with E-state index < -0.39 is 6.04 Å². The van der Waals surface area contributed by atoms with Gasteiger partial charge in [-0.25, -0.2) is 0 Å². The van der Waals surface area contributed by atoms with Crippen LogP contribution in [0.2, 0.25) is 0 Å². The van der Waals surface area contributed by atoms with E-state index in [1.807, 2.05) is 62.4 Å². The number of rotatable bonds is 6. The predicted molar refractivity (Wildman–Crippen MR) is 99.7 cm³/mol. The molecule has 26 heavy (non-hydrogen) atoms. The van der Waals surface area contributed by atoms with Crippen molar-refractivity contribution in [3.8, 4) is 5.75 Å². The van der Waals surface area contributed by atoms with Gasteiger partial charge >= 0.3 is 0 Å². The lowest BCUT2D eigenvalue weighted by Gasteiger charge is -2.35. The number of hydrogen-bond acceptors (Lipinski definition) is 3. The number of likely N-dealkylation sites (N-methyl/N-ethyl adjacent to an activating group) is 1. The van der Waals surface area contributed by atoms with E-state index in [4.69, 9.17) is 4.74 Å². The maximum atomic E-state index is 12.9. The van der Waals surface area contributed by atoms with E-state index in [9.17, 15) is 9.59 Å². The molecule has 2 aromatic rings. The van der Waals surface area contributed by atoms with E-state index in [-0.39, 0.29) is 11.8 Å². The highest BCUT2D eigenvalue weighted by atomic mass is 16.5. The summed E-state index contributed by atoms with van der Waals surface area (Å²) in [7, 11) is 0. The minimum atomic E-state index is -0.576. The van der Waals surface area contributed by atoms with E-state index in [1.165, 1.54) is 0 Å². The van der Waals surface area contributed by atoms with Crippen molar-refractivity contribution in [2.24, 2.45) is 0 Å². The van der Waals surface area contributed by atoms with Gasteiger partial charge in [0.2, 0.25) is 11.8 Å². The molecule has 136 valence electrons. The number of nitrogens with zero attached hydrogens (tertiary/aromatic N) is 1. The van der Waals surface area contributed by atoms with Crippen molar-refractivity contribution in [2.75, 3.05) is 13.2 Å². The molecule has 5 heteroatoms. The van der Waals surface area contributed by atoms with Gasteiger partial charge in [-0.1, -0.05) is 36.4 Å². The lowest BCUT2D eigenvalue weighted by Crippen LogP contribution is -2.47. The van der Waals surface area contributed by atoms with Crippen molar-refractivity contribution < 1.29 is 14.3 Å². The monoisotopic (exact) mass is 352 g/mol. The van der Waals surface area contributed by atoms with E-state index in [1.54, 1.807) is 4.90 Å². The van der Waals surface area contributed by atoms with Gasteiger partial charge in [-0.05, 0) is 42.7 Å². The second-order valence-electron chi connectivity index (χ2n) is 6.26.